The quantitative estimate of drug-likeness (QED) is 0.767. The summed E-state index contributed by atoms with van der Waals surface area (Å²) in [5.41, 5.74) is 1.77. The highest BCUT2D eigenvalue weighted by molar-refractivity contribution is 5.92. The molecule has 2 aliphatic rings. The van der Waals surface area contributed by atoms with Crippen LogP contribution in [0.15, 0.2) is 48.5 Å². The molecule has 4 rings (SSSR count). The number of amides is 2. The van der Waals surface area contributed by atoms with E-state index in [1.807, 2.05) is 55.5 Å². The van der Waals surface area contributed by atoms with Gasteiger partial charge in [0.2, 0.25) is 18.6 Å². The van der Waals surface area contributed by atoms with Gasteiger partial charge in [0.05, 0.1) is 18.5 Å². The lowest BCUT2D eigenvalue weighted by Crippen LogP contribution is -2.45. The molecule has 1 fully saturated rings. The molecule has 2 heterocycles. The summed E-state index contributed by atoms with van der Waals surface area (Å²) in [6.07, 6.45) is 1.74. The van der Waals surface area contributed by atoms with Gasteiger partial charge in [-0.1, -0.05) is 24.3 Å². The predicted molar refractivity (Wildman–Crippen MR) is 113 cm³/mol. The largest absolute Gasteiger partial charge is 0.454 e. The first kappa shape index (κ1) is 20.2. The molecule has 0 spiro atoms. The van der Waals surface area contributed by atoms with E-state index in [4.69, 9.17) is 9.47 Å². The van der Waals surface area contributed by atoms with Crippen molar-refractivity contribution in [3.8, 4) is 11.5 Å². The highest BCUT2D eigenvalue weighted by Gasteiger charge is 2.27. The standard InChI is InChI=1S/C23H27N3O4/c1-16(17-9-10-20-21(12-17)30-15-29-20)24-22(27)14-26-11-5-6-18(13-26)23(28)25-19-7-3-2-4-8-19/h2-4,7-10,12,16,18H,5-6,11,13-15H2,1H3,(H,24,27)(H,25,28)/t16-,18-/m1/s1. The first-order valence-electron chi connectivity index (χ1n) is 10.4. The molecule has 0 saturated carbocycles. The molecular formula is C23H27N3O4. The SMILES string of the molecule is C[C@@H](NC(=O)CN1CCC[C@@H](C(=O)Nc2ccccc2)C1)c1ccc2c(c1)OCO2. The number of rotatable bonds is 6. The molecule has 7 heteroatoms. The van der Waals surface area contributed by atoms with Crippen molar-refractivity contribution >= 4 is 17.5 Å². The highest BCUT2D eigenvalue weighted by Crippen LogP contribution is 2.34. The average molecular weight is 409 g/mol. The zero-order chi connectivity index (χ0) is 20.9. The Morgan fingerprint density at radius 2 is 1.93 bits per heavy atom. The molecule has 2 aromatic rings. The molecule has 2 aliphatic heterocycles. The third-order valence-corrected chi connectivity index (χ3v) is 5.56. The summed E-state index contributed by atoms with van der Waals surface area (Å²) in [6, 6.07) is 15.0. The number of carbonyl (C=O) groups excluding carboxylic acids is 2. The number of piperidine rings is 1. The molecule has 0 aliphatic carbocycles. The van der Waals surface area contributed by atoms with Crippen LogP contribution < -0.4 is 20.1 Å². The van der Waals surface area contributed by atoms with E-state index in [-0.39, 0.29) is 37.1 Å². The Kier molecular flexibility index (Phi) is 6.18. The second-order valence-corrected chi connectivity index (χ2v) is 7.83. The van der Waals surface area contributed by atoms with Crippen molar-refractivity contribution in [1.82, 2.24) is 10.2 Å². The molecule has 0 unspecified atom stereocenters. The Morgan fingerprint density at radius 1 is 1.13 bits per heavy atom. The number of hydrogen-bond donors (Lipinski definition) is 2. The van der Waals surface area contributed by atoms with Crippen LogP contribution in [0.25, 0.3) is 0 Å². The first-order chi connectivity index (χ1) is 14.6. The summed E-state index contributed by atoms with van der Waals surface area (Å²) < 4.78 is 10.7. The molecule has 0 aromatic heterocycles. The number of carbonyl (C=O) groups is 2. The van der Waals surface area contributed by atoms with Gasteiger partial charge in [0.1, 0.15) is 0 Å². The van der Waals surface area contributed by atoms with E-state index in [1.54, 1.807) is 0 Å². The molecule has 2 aromatic carbocycles. The fraction of sp³-hybridized carbons (Fsp3) is 0.391. The van der Waals surface area contributed by atoms with Crippen molar-refractivity contribution in [1.29, 1.82) is 0 Å². The second kappa shape index (κ2) is 9.17. The average Bonchev–Trinajstić information content (AvgIpc) is 3.22. The van der Waals surface area contributed by atoms with Crippen LogP contribution in [0.5, 0.6) is 11.5 Å². The minimum Gasteiger partial charge on any atom is -0.454 e. The van der Waals surface area contributed by atoms with E-state index in [9.17, 15) is 9.59 Å². The van der Waals surface area contributed by atoms with E-state index in [1.165, 1.54) is 0 Å². The fourth-order valence-corrected chi connectivity index (χ4v) is 3.93. The summed E-state index contributed by atoms with van der Waals surface area (Å²) in [6.45, 7) is 3.87. The number of benzene rings is 2. The van der Waals surface area contributed by atoms with Gasteiger partial charge in [-0.3, -0.25) is 14.5 Å². The van der Waals surface area contributed by atoms with Gasteiger partial charge in [-0.25, -0.2) is 0 Å². The van der Waals surface area contributed by atoms with E-state index in [0.29, 0.717) is 12.3 Å². The maximum absolute atomic E-state index is 12.6. The minimum atomic E-state index is -0.144. The number of anilines is 1. The Hall–Kier alpha value is -3.06. The first-order valence-corrected chi connectivity index (χ1v) is 10.4. The Labute approximate surface area is 176 Å². The fourth-order valence-electron chi connectivity index (χ4n) is 3.93. The molecule has 7 nitrogen and oxygen atoms in total. The topological polar surface area (TPSA) is 79.9 Å². The summed E-state index contributed by atoms with van der Waals surface area (Å²) in [5, 5.41) is 6.01. The molecule has 2 atom stereocenters. The number of hydrogen-bond acceptors (Lipinski definition) is 5. The zero-order valence-electron chi connectivity index (χ0n) is 17.1. The Bertz CT molecular complexity index is 903. The minimum absolute atomic E-state index is 0.0139. The summed E-state index contributed by atoms with van der Waals surface area (Å²) in [7, 11) is 0. The molecule has 0 bridgehead atoms. The molecular weight excluding hydrogens is 382 g/mol. The number of nitrogens with zero attached hydrogens (tertiary/aromatic N) is 1. The summed E-state index contributed by atoms with van der Waals surface area (Å²) in [5.74, 6) is 1.28. The number of fused-ring (bicyclic) bond motifs is 1. The monoisotopic (exact) mass is 409 g/mol. The molecule has 30 heavy (non-hydrogen) atoms. The van der Waals surface area contributed by atoms with Gasteiger partial charge in [0.15, 0.2) is 11.5 Å². The van der Waals surface area contributed by atoms with Gasteiger partial charge in [0, 0.05) is 12.2 Å². The maximum Gasteiger partial charge on any atom is 0.234 e. The van der Waals surface area contributed by atoms with Crippen LogP contribution in [-0.2, 0) is 9.59 Å². The van der Waals surface area contributed by atoms with Gasteiger partial charge in [0.25, 0.3) is 0 Å². The van der Waals surface area contributed by atoms with E-state index in [2.05, 4.69) is 15.5 Å². The lowest BCUT2D eigenvalue weighted by molar-refractivity contribution is -0.126. The van der Waals surface area contributed by atoms with Crippen molar-refractivity contribution in [2.24, 2.45) is 5.92 Å². The van der Waals surface area contributed by atoms with Crippen molar-refractivity contribution < 1.29 is 19.1 Å². The zero-order valence-corrected chi connectivity index (χ0v) is 17.1. The van der Waals surface area contributed by atoms with Gasteiger partial charge >= 0.3 is 0 Å². The molecule has 2 N–H and O–H groups in total. The maximum atomic E-state index is 12.6. The predicted octanol–water partition coefficient (Wildman–Crippen LogP) is 2.94. The van der Waals surface area contributed by atoms with Gasteiger partial charge in [-0.15, -0.1) is 0 Å². The van der Waals surface area contributed by atoms with Crippen LogP contribution in [0.1, 0.15) is 31.4 Å². The molecule has 1 saturated heterocycles. The smallest absolute Gasteiger partial charge is 0.234 e. The third-order valence-electron chi connectivity index (χ3n) is 5.56. The number of nitrogens with one attached hydrogen (secondary N) is 2. The Morgan fingerprint density at radius 3 is 2.77 bits per heavy atom. The van der Waals surface area contributed by atoms with Crippen molar-refractivity contribution in [3.63, 3.8) is 0 Å². The van der Waals surface area contributed by atoms with E-state index in [0.717, 1.165) is 36.4 Å². The third kappa shape index (κ3) is 4.91. The van der Waals surface area contributed by atoms with E-state index < -0.39 is 0 Å². The normalized spacial score (nSPS) is 19.2. The van der Waals surface area contributed by atoms with Gasteiger partial charge < -0.3 is 20.1 Å². The van der Waals surface area contributed by atoms with Crippen molar-refractivity contribution in [2.45, 2.75) is 25.8 Å². The van der Waals surface area contributed by atoms with Crippen LogP contribution in [0.2, 0.25) is 0 Å². The van der Waals surface area contributed by atoms with Crippen molar-refractivity contribution in [3.05, 3.63) is 54.1 Å². The number of ether oxygens (including phenoxy) is 2. The van der Waals surface area contributed by atoms with Crippen LogP contribution in [0.3, 0.4) is 0 Å². The van der Waals surface area contributed by atoms with Gasteiger partial charge in [-0.05, 0) is 56.1 Å². The number of likely N-dealkylation sites (tertiary alicyclic amines) is 1. The number of para-hydroxylation sites is 1. The highest BCUT2D eigenvalue weighted by atomic mass is 16.7. The van der Waals surface area contributed by atoms with Crippen LogP contribution >= 0.6 is 0 Å². The lowest BCUT2D eigenvalue weighted by Gasteiger charge is -2.31. The van der Waals surface area contributed by atoms with E-state index >= 15 is 0 Å². The van der Waals surface area contributed by atoms with Crippen LogP contribution in [-0.4, -0.2) is 43.1 Å². The molecule has 158 valence electrons. The van der Waals surface area contributed by atoms with Gasteiger partial charge in [-0.2, -0.15) is 0 Å². The Balaban J connectivity index is 1.28. The molecule has 2 amide bonds. The summed E-state index contributed by atoms with van der Waals surface area (Å²) in [4.78, 5) is 27.2. The molecule has 0 radical (unpaired) electrons. The van der Waals surface area contributed by atoms with Crippen LogP contribution in [0.4, 0.5) is 5.69 Å². The lowest BCUT2D eigenvalue weighted by atomic mass is 9.97. The van der Waals surface area contributed by atoms with Crippen LogP contribution in [0, 0.1) is 5.92 Å². The second-order valence-electron chi connectivity index (χ2n) is 7.83. The van der Waals surface area contributed by atoms with Crippen molar-refractivity contribution in [2.75, 3.05) is 31.7 Å². The summed E-state index contributed by atoms with van der Waals surface area (Å²) >= 11 is 0.